The van der Waals surface area contributed by atoms with Crippen LogP contribution in [0.5, 0.6) is 0 Å². The Morgan fingerprint density at radius 2 is 2.19 bits per heavy atom. The van der Waals surface area contributed by atoms with Gasteiger partial charge in [0, 0.05) is 20.5 Å². The molecule has 1 aromatic heterocycles. The molecule has 1 N–H and O–H groups in total. The number of amides is 1. The lowest BCUT2D eigenvalue weighted by atomic mass is 10.3. The third-order valence-corrected chi connectivity index (χ3v) is 2.34. The Morgan fingerprint density at radius 3 is 2.75 bits per heavy atom. The number of carbonyl (C=O) groups is 1. The van der Waals surface area contributed by atoms with Crippen LogP contribution >= 0.6 is 0 Å². The molecule has 0 fully saturated rings. The minimum atomic E-state index is 0.177. The van der Waals surface area contributed by atoms with Crippen LogP contribution < -0.4 is 5.32 Å². The van der Waals surface area contributed by atoms with Crippen LogP contribution in [0.25, 0.3) is 0 Å². The monoisotopic (exact) mass is 224 g/mol. The Hall–Kier alpha value is -1.29. The minimum absolute atomic E-state index is 0.177. The molecule has 0 aromatic carbocycles. The normalized spacial score (nSPS) is 10.4. The first kappa shape index (κ1) is 12.8. The van der Waals surface area contributed by atoms with Gasteiger partial charge in [0.25, 0.3) is 0 Å². The molecule has 16 heavy (non-hydrogen) atoms. The van der Waals surface area contributed by atoms with Crippen LogP contribution in [0, 0.1) is 6.92 Å². The highest BCUT2D eigenvalue weighted by Gasteiger charge is 2.03. The predicted octanol–water partition coefficient (Wildman–Crippen LogP) is 1.55. The predicted molar refractivity (Wildman–Crippen MR) is 63.1 cm³/mol. The van der Waals surface area contributed by atoms with E-state index in [1.54, 1.807) is 19.0 Å². The lowest BCUT2D eigenvalue weighted by Crippen LogP contribution is -2.23. The molecule has 0 aliphatic rings. The molecular formula is C12H20N2O2. The lowest BCUT2D eigenvalue weighted by Gasteiger charge is -2.09. The summed E-state index contributed by atoms with van der Waals surface area (Å²) < 4.78 is 5.41. The minimum Gasteiger partial charge on any atom is -0.465 e. The smallest absolute Gasteiger partial charge is 0.222 e. The van der Waals surface area contributed by atoms with Crippen molar-refractivity contribution in [1.29, 1.82) is 0 Å². The highest BCUT2D eigenvalue weighted by Crippen LogP contribution is 2.05. The van der Waals surface area contributed by atoms with Crippen LogP contribution in [0.3, 0.4) is 0 Å². The topological polar surface area (TPSA) is 45.5 Å². The first-order valence-electron chi connectivity index (χ1n) is 5.56. The first-order valence-corrected chi connectivity index (χ1v) is 5.56. The molecule has 1 amide bonds. The van der Waals surface area contributed by atoms with E-state index < -0.39 is 0 Å². The van der Waals surface area contributed by atoms with Gasteiger partial charge in [-0.05, 0) is 32.0 Å². The maximum atomic E-state index is 11.3. The maximum Gasteiger partial charge on any atom is 0.222 e. The molecule has 4 nitrogen and oxygen atoms in total. The van der Waals surface area contributed by atoms with Gasteiger partial charge in [0.15, 0.2) is 0 Å². The Labute approximate surface area is 96.6 Å². The number of carbonyl (C=O) groups excluding carboxylic acids is 1. The second-order valence-electron chi connectivity index (χ2n) is 4.08. The average molecular weight is 224 g/mol. The summed E-state index contributed by atoms with van der Waals surface area (Å²) in [5.74, 6) is 2.05. The van der Waals surface area contributed by atoms with Gasteiger partial charge in [0.1, 0.15) is 11.5 Å². The fourth-order valence-electron chi connectivity index (χ4n) is 1.38. The van der Waals surface area contributed by atoms with Crippen molar-refractivity contribution in [2.24, 2.45) is 0 Å². The average Bonchev–Trinajstić information content (AvgIpc) is 2.63. The molecular weight excluding hydrogens is 204 g/mol. The van der Waals surface area contributed by atoms with Crippen LogP contribution in [0.2, 0.25) is 0 Å². The van der Waals surface area contributed by atoms with Gasteiger partial charge < -0.3 is 14.6 Å². The molecule has 90 valence electrons. The van der Waals surface area contributed by atoms with E-state index in [9.17, 15) is 4.79 Å². The molecule has 1 heterocycles. The van der Waals surface area contributed by atoms with E-state index in [1.807, 2.05) is 19.1 Å². The summed E-state index contributed by atoms with van der Waals surface area (Å²) in [4.78, 5) is 12.9. The lowest BCUT2D eigenvalue weighted by molar-refractivity contribution is -0.128. The zero-order valence-corrected chi connectivity index (χ0v) is 10.2. The molecule has 0 saturated heterocycles. The Morgan fingerprint density at radius 1 is 1.44 bits per heavy atom. The fraction of sp³-hybridized carbons (Fsp3) is 0.583. The Kier molecular flexibility index (Phi) is 5.05. The van der Waals surface area contributed by atoms with Gasteiger partial charge in [-0.2, -0.15) is 0 Å². The summed E-state index contributed by atoms with van der Waals surface area (Å²) in [5, 5.41) is 3.24. The molecule has 0 atom stereocenters. The van der Waals surface area contributed by atoms with Crippen LogP contribution in [0.1, 0.15) is 24.4 Å². The second-order valence-corrected chi connectivity index (χ2v) is 4.08. The standard InChI is InChI=1S/C12H20N2O2/c1-10-6-7-11(16-10)9-13-8-4-5-12(15)14(2)3/h6-7,13H,4-5,8-9H2,1-3H3. The van der Waals surface area contributed by atoms with E-state index in [2.05, 4.69) is 5.32 Å². The van der Waals surface area contributed by atoms with Crippen molar-refractivity contribution in [2.75, 3.05) is 20.6 Å². The van der Waals surface area contributed by atoms with Crippen molar-refractivity contribution >= 4 is 5.91 Å². The summed E-state index contributed by atoms with van der Waals surface area (Å²) in [6.07, 6.45) is 1.45. The zero-order valence-electron chi connectivity index (χ0n) is 10.2. The van der Waals surface area contributed by atoms with Crippen LogP contribution in [0.15, 0.2) is 16.5 Å². The molecule has 0 radical (unpaired) electrons. The number of hydrogen-bond acceptors (Lipinski definition) is 3. The number of nitrogens with one attached hydrogen (secondary N) is 1. The van der Waals surface area contributed by atoms with Crippen LogP contribution in [-0.2, 0) is 11.3 Å². The van der Waals surface area contributed by atoms with E-state index in [-0.39, 0.29) is 5.91 Å². The Balaban J connectivity index is 2.06. The molecule has 0 unspecified atom stereocenters. The molecule has 0 spiro atoms. The third-order valence-electron chi connectivity index (χ3n) is 2.34. The highest BCUT2D eigenvalue weighted by atomic mass is 16.3. The SMILES string of the molecule is Cc1ccc(CNCCCC(=O)N(C)C)o1. The van der Waals surface area contributed by atoms with Crippen LogP contribution in [-0.4, -0.2) is 31.4 Å². The second kappa shape index (κ2) is 6.33. The quantitative estimate of drug-likeness (QED) is 0.746. The highest BCUT2D eigenvalue weighted by molar-refractivity contribution is 5.75. The molecule has 1 aromatic rings. The summed E-state index contributed by atoms with van der Waals surface area (Å²) in [7, 11) is 3.56. The summed E-state index contributed by atoms with van der Waals surface area (Å²) in [5.41, 5.74) is 0. The zero-order chi connectivity index (χ0) is 12.0. The summed E-state index contributed by atoms with van der Waals surface area (Å²) >= 11 is 0. The van der Waals surface area contributed by atoms with Gasteiger partial charge in [0.2, 0.25) is 5.91 Å². The van der Waals surface area contributed by atoms with Gasteiger partial charge >= 0.3 is 0 Å². The van der Waals surface area contributed by atoms with Crippen molar-refractivity contribution < 1.29 is 9.21 Å². The van der Waals surface area contributed by atoms with E-state index >= 15 is 0 Å². The van der Waals surface area contributed by atoms with E-state index in [4.69, 9.17) is 4.42 Å². The van der Waals surface area contributed by atoms with Gasteiger partial charge in [-0.15, -0.1) is 0 Å². The van der Waals surface area contributed by atoms with Gasteiger partial charge in [-0.3, -0.25) is 4.79 Å². The first-order chi connectivity index (χ1) is 7.59. The molecule has 4 heteroatoms. The van der Waals surface area contributed by atoms with E-state index in [0.29, 0.717) is 6.42 Å². The van der Waals surface area contributed by atoms with Crippen molar-refractivity contribution in [3.05, 3.63) is 23.7 Å². The summed E-state index contributed by atoms with van der Waals surface area (Å²) in [6, 6.07) is 3.92. The summed E-state index contributed by atoms with van der Waals surface area (Å²) in [6.45, 7) is 3.49. The fourth-order valence-corrected chi connectivity index (χ4v) is 1.38. The molecule has 0 aliphatic heterocycles. The van der Waals surface area contributed by atoms with Crippen molar-refractivity contribution in [2.45, 2.75) is 26.3 Å². The molecule has 0 aliphatic carbocycles. The Bertz CT molecular complexity index is 332. The number of hydrogen-bond donors (Lipinski definition) is 1. The van der Waals surface area contributed by atoms with Crippen molar-refractivity contribution in [3.63, 3.8) is 0 Å². The molecule has 0 saturated carbocycles. The molecule has 0 bridgehead atoms. The molecule has 1 rings (SSSR count). The van der Waals surface area contributed by atoms with Gasteiger partial charge in [0.05, 0.1) is 6.54 Å². The van der Waals surface area contributed by atoms with Crippen molar-refractivity contribution in [3.8, 4) is 0 Å². The third kappa shape index (κ3) is 4.49. The maximum absolute atomic E-state index is 11.3. The van der Waals surface area contributed by atoms with Gasteiger partial charge in [-0.25, -0.2) is 0 Å². The number of furan rings is 1. The largest absolute Gasteiger partial charge is 0.465 e. The van der Waals surface area contributed by atoms with Gasteiger partial charge in [-0.1, -0.05) is 0 Å². The van der Waals surface area contributed by atoms with E-state index in [0.717, 1.165) is 31.0 Å². The number of aryl methyl sites for hydroxylation is 1. The van der Waals surface area contributed by atoms with E-state index in [1.165, 1.54) is 0 Å². The van der Waals surface area contributed by atoms with Crippen LogP contribution in [0.4, 0.5) is 0 Å². The number of nitrogens with zero attached hydrogens (tertiary/aromatic N) is 1. The van der Waals surface area contributed by atoms with Crippen molar-refractivity contribution in [1.82, 2.24) is 10.2 Å². The number of rotatable bonds is 6.